The zero-order valence-electron chi connectivity index (χ0n) is 15.9. The van der Waals surface area contributed by atoms with Crippen LogP contribution in [0.2, 0.25) is 5.02 Å². The Morgan fingerprint density at radius 1 is 1.18 bits per heavy atom. The van der Waals surface area contributed by atoms with E-state index in [1.54, 1.807) is 22.8 Å². The van der Waals surface area contributed by atoms with Gasteiger partial charge in [0.1, 0.15) is 5.82 Å². The Morgan fingerprint density at radius 3 is 2.64 bits per heavy atom. The van der Waals surface area contributed by atoms with E-state index in [4.69, 9.17) is 11.6 Å². The number of aromatic nitrogens is 2. The molecule has 1 unspecified atom stereocenters. The molecule has 144 valence electrons. The number of rotatable bonds is 4. The maximum Gasteiger partial charge on any atom is 0.261 e. The van der Waals surface area contributed by atoms with Crippen LogP contribution >= 0.6 is 11.6 Å². The van der Waals surface area contributed by atoms with Crippen molar-refractivity contribution in [1.82, 2.24) is 14.9 Å². The van der Waals surface area contributed by atoms with Gasteiger partial charge in [-0.3, -0.25) is 14.2 Å². The van der Waals surface area contributed by atoms with Gasteiger partial charge in [-0.2, -0.15) is 0 Å². The Hall–Kier alpha value is -2.66. The lowest BCUT2D eigenvalue weighted by atomic mass is 9.95. The molecule has 1 amide bonds. The summed E-state index contributed by atoms with van der Waals surface area (Å²) in [5, 5.41) is 4.33. The molecule has 2 aromatic carbocycles. The van der Waals surface area contributed by atoms with Crippen LogP contribution in [0.15, 0.2) is 47.3 Å². The number of fused-ring (bicyclic) bond motifs is 2. The van der Waals surface area contributed by atoms with E-state index in [9.17, 15) is 9.59 Å². The van der Waals surface area contributed by atoms with Crippen LogP contribution in [0.4, 0.5) is 0 Å². The third-order valence-electron chi connectivity index (χ3n) is 5.26. The number of nitrogens with one attached hydrogen (secondary N) is 1. The fourth-order valence-electron chi connectivity index (χ4n) is 3.75. The van der Waals surface area contributed by atoms with Crippen LogP contribution in [-0.2, 0) is 13.0 Å². The van der Waals surface area contributed by atoms with Crippen LogP contribution in [0.3, 0.4) is 0 Å². The molecule has 0 spiro atoms. The SMILES string of the molecule is CC(C)C(NC(=O)c1ccc2c(=O)n3c(nc2c1)CCC3)c1ccc(Cl)cc1. The summed E-state index contributed by atoms with van der Waals surface area (Å²) in [7, 11) is 0. The molecule has 1 aliphatic rings. The van der Waals surface area contributed by atoms with Crippen molar-refractivity contribution in [3.05, 3.63) is 74.8 Å². The summed E-state index contributed by atoms with van der Waals surface area (Å²) in [6.07, 6.45) is 1.73. The number of carbonyl (C=O) groups is 1. The van der Waals surface area contributed by atoms with Gasteiger partial charge in [0.2, 0.25) is 0 Å². The molecule has 0 bridgehead atoms. The minimum atomic E-state index is -0.182. The molecule has 1 aliphatic heterocycles. The summed E-state index contributed by atoms with van der Waals surface area (Å²) < 4.78 is 1.73. The average molecular weight is 396 g/mol. The third kappa shape index (κ3) is 3.42. The third-order valence-corrected chi connectivity index (χ3v) is 5.51. The molecule has 3 aromatic rings. The normalized spacial score (nSPS) is 14.3. The first-order valence-corrected chi connectivity index (χ1v) is 9.91. The fraction of sp³-hybridized carbons (Fsp3) is 0.318. The van der Waals surface area contributed by atoms with Crippen molar-refractivity contribution in [2.24, 2.45) is 5.92 Å². The minimum Gasteiger partial charge on any atom is -0.345 e. The van der Waals surface area contributed by atoms with Gasteiger partial charge in [-0.25, -0.2) is 4.98 Å². The van der Waals surface area contributed by atoms with Gasteiger partial charge >= 0.3 is 0 Å². The number of halogens is 1. The standard InChI is InChI=1S/C22H22ClN3O2/c1-13(2)20(14-5-8-16(23)9-6-14)25-21(27)15-7-10-17-18(12-15)24-19-4-3-11-26(19)22(17)28/h5-10,12-13,20H,3-4,11H2,1-2H3,(H,25,27). The first kappa shape index (κ1) is 18.7. The number of carbonyl (C=O) groups excluding carboxylic acids is 1. The summed E-state index contributed by atoms with van der Waals surface area (Å²) in [5.41, 5.74) is 2.06. The lowest BCUT2D eigenvalue weighted by Gasteiger charge is -2.23. The molecule has 1 N–H and O–H groups in total. The average Bonchev–Trinajstić information content (AvgIpc) is 3.15. The Bertz CT molecular complexity index is 1100. The molecule has 5 nitrogen and oxygen atoms in total. The molecule has 28 heavy (non-hydrogen) atoms. The first-order chi connectivity index (χ1) is 13.4. The van der Waals surface area contributed by atoms with Crippen molar-refractivity contribution >= 4 is 28.4 Å². The Labute approximate surface area is 168 Å². The van der Waals surface area contributed by atoms with Crippen LogP contribution in [0, 0.1) is 5.92 Å². The molecule has 0 fully saturated rings. The van der Waals surface area contributed by atoms with Gasteiger partial charge in [0.15, 0.2) is 0 Å². The van der Waals surface area contributed by atoms with Crippen LogP contribution in [0.5, 0.6) is 0 Å². The highest BCUT2D eigenvalue weighted by molar-refractivity contribution is 6.30. The van der Waals surface area contributed by atoms with Gasteiger partial charge in [0.25, 0.3) is 11.5 Å². The maximum atomic E-state index is 12.9. The minimum absolute atomic E-state index is 0.0225. The number of benzene rings is 2. The Morgan fingerprint density at radius 2 is 1.93 bits per heavy atom. The number of nitrogens with zero attached hydrogens (tertiary/aromatic N) is 2. The van der Waals surface area contributed by atoms with Crippen molar-refractivity contribution in [2.75, 3.05) is 0 Å². The number of amides is 1. The molecule has 0 saturated heterocycles. The summed E-state index contributed by atoms with van der Waals surface area (Å²) in [5.74, 6) is 0.825. The molecule has 0 saturated carbocycles. The first-order valence-electron chi connectivity index (χ1n) is 9.54. The van der Waals surface area contributed by atoms with Gasteiger partial charge in [-0.15, -0.1) is 0 Å². The van der Waals surface area contributed by atoms with E-state index < -0.39 is 0 Å². The number of hydrogen-bond donors (Lipinski definition) is 1. The van der Waals surface area contributed by atoms with Crippen LogP contribution < -0.4 is 10.9 Å². The van der Waals surface area contributed by atoms with E-state index in [-0.39, 0.29) is 23.4 Å². The zero-order valence-corrected chi connectivity index (χ0v) is 16.7. The van der Waals surface area contributed by atoms with Crippen molar-refractivity contribution in [3.8, 4) is 0 Å². The van der Waals surface area contributed by atoms with E-state index in [0.717, 1.165) is 30.8 Å². The highest BCUT2D eigenvalue weighted by Gasteiger charge is 2.21. The van der Waals surface area contributed by atoms with Crippen molar-refractivity contribution in [3.63, 3.8) is 0 Å². The molecule has 4 rings (SSSR count). The molecular formula is C22H22ClN3O2. The van der Waals surface area contributed by atoms with Crippen LogP contribution in [0.1, 0.15) is 48.1 Å². The summed E-state index contributed by atoms with van der Waals surface area (Å²) >= 11 is 5.98. The largest absolute Gasteiger partial charge is 0.345 e. The van der Waals surface area contributed by atoms with Gasteiger partial charge in [0.05, 0.1) is 16.9 Å². The molecule has 2 heterocycles. The molecule has 0 aliphatic carbocycles. The molecular weight excluding hydrogens is 374 g/mol. The summed E-state index contributed by atoms with van der Waals surface area (Å²) in [4.78, 5) is 30.1. The second kappa shape index (κ2) is 7.40. The molecule has 1 aromatic heterocycles. The Kier molecular flexibility index (Phi) is 4.94. The van der Waals surface area contributed by atoms with Crippen molar-refractivity contribution in [2.45, 2.75) is 39.3 Å². The van der Waals surface area contributed by atoms with Gasteiger partial charge < -0.3 is 5.32 Å². The lowest BCUT2D eigenvalue weighted by molar-refractivity contribution is 0.0925. The van der Waals surface area contributed by atoms with Gasteiger partial charge in [-0.05, 0) is 48.2 Å². The summed E-state index contributed by atoms with van der Waals surface area (Å²) in [6, 6.07) is 12.5. The van der Waals surface area contributed by atoms with E-state index in [1.165, 1.54) is 0 Å². The van der Waals surface area contributed by atoms with Gasteiger partial charge in [0, 0.05) is 23.6 Å². The quantitative estimate of drug-likeness (QED) is 0.722. The van der Waals surface area contributed by atoms with Crippen LogP contribution in [0.25, 0.3) is 10.9 Å². The predicted molar refractivity (Wildman–Crippen MR) is 111 cm³/mol. The Balaban J connectivity index is 1.65. The highest BCUT2D eigenvalue weighted by atomic mass is 35.5. The zero-order chi connectivity index (χ0) is 19.8. The van der Waals surface area contributed by atoms with Crippen LogP contribution in [-0.4, -0.2) is 15.5 Å². The maximum absolute atomic E-state index is 12.9. The molecule has 0 radical (unpaired) electrons. The summed E-state index contributed by atoms with van der Waals surface area (Å²) in [6.45, 7) is 4.84. The van der Waals surface area contributed by atoms with E-state index >= 15 is 0 Å². The van der Waals surface area contributed by atoms with E-state index in [1.807, 2.05) is 24.3 Å². The second-order valence-electron chi connectivity index (χ2n) is 7.57. The lowest BCUT2D eigenvalue weighted by Crippen LogP contribution is -2.31. The molecule has 6 heteroatoms. The molecule has 1 atom stereocenters. The second-order valence-corrected chi connectivity index (χ2v) is 8.00. The smallest absolute Gasteiger partial charge is 0.261 e. The fourth-order valence-corrected chi connectivity index (χ4v) is 3.88. The van der Waals surface area contributed by atoms with Crippen molar-refractivity contribution in [1.29, 1.82) is 0 Å². The topological polar surface area (TPSA) is 64.0 Å². The van der Waals surface area contributed by atoms with E-state index in [2.05, 4.69) is 24.1 Å². The predicted octanol–water partition coefficient (Wildman–Crippen LogP) is 4.12. The highest BCUT2D eigenvalue weighted by Crippen LogP contribution is 2.24. The van der Waals surface area contributed by atoms with Crippen molar-refractivity contribution < 1.29 is 4.79 Å². The van der Waals surface area contributed by atoms with E-state index in [0.29, 0.717) is 21.5 Å². The number of hydrogen-bond acceptors (Lipinski definition) is 3. The monoisotopic (exact) mass is 395 g/mol. The van der Waals surface area contributed by atoms with Gasteiger partial charge in [-0.1, -0.05) is 37.6 Å². The number of aryl methyl sites for hydroxylation is 1.